The average molecular weight is 460 g/mol. The smallest absolute Gasteiger partial charge is 0.137 e. The molecule has 0 N–H and O–H groups in total. The largest absolute Gasteiger partial charge is 0.490 e. The van der Waals surface area contributed by atoms with Gasteiger partial charge in [-0.15, -0.1) is 0 Å². The van der Waals surface area contributed by atoms with E-state index in [1.165, 1.54) is 12.8 Å². The fourth-order valence-electron chi connectivity index (χ4n) is 5.49. The van der Waals surface area contributed by atoms with E-state index < -0.39 is 0 Å². The van der Waals surface area contributed by atoms with Gasteiger partial charge in [-0.05, 0) is 91.8 Å². The average Bonchev–Trinajstić information content (AvgIpc) is 3.43. The van der Waals surface area contributed by atoms with E-state index in [4.69, 9.17) is 4.74 Å². The number of carbonyl (C=O) groups is 1. The van der Waals surface area contributed by atoms with Crippen LogP contribution >= 0.6 is 0 Å². The molecule has 5 rings (SSSR count). The van der Waals surface area contributed by atoms with Crippen LogP contribution in [0.4, 0.5) is 4.39 Å². The Labute approximate surface area is 202 Å². The molecular formula is C30H34FNO2. The van der Waals surface area contributed by atoms with E-state index in [1.54, 1.807) is 13.0 Å². The van der Waals surface area contributed by atoms with E-state index >= 15 is 4.39 Å². The maximum Gasteiger partial charge on any atom is 0.137 e. The first-order valence-corrected chi connectivity index (χ1v) is 12.7. The third-order valence-electron chi connectivity index (χ3n) is 7.81. The molecule has 3 nitrogen and oxygen atoms in total. The van der Waals surface area contributed by atoms with E-state index in [1.807, 2.05) is 42.9 Å². The van der Waals surface area contributed by atoms with Gasteiger partial charge in [-0.3, -0.25) is 4.79 Å². The van der Waals surface area contributed by atoms with Gasteiger partial charge in [0.05, 0.1) is 6.10 Å². The van der Waals surface area contributed by atoms with Gasteiger partial charge in [0.25, 0.3) is 0 Å². The highest BCUT2D eigenvalue weighted by Gasteiger charge is 2.28. The van der Waals surface area contributed by atoms with Gasteiger partial charge >= 0.3 is 0 Å². The number of ether oxygens (including phenoxy) is 1. The number of Topliss-reactive ketones (excluding diaryl/α,β-unsaturated/α-hetero) is 1. The monoisotopic (exact) mass is 459 g/mol. The molecule has 3 aromatic rings. The van der Waals surface area contributed by atoms with Gasteiger partial charge in [-0.25, -0.2) is 4.39 Å². The summed E-state index contributed by atoms with van der Waals surface area (Å²) in [5.41, 5.74) is 5.81. The molecule has 2 saturated carbocycles. The lowest BCUT2D eigenvalue weighted by atomic mass is 9.76. The summed E-state index contributed by atoms with van der Waals surface area (Å²) in [5, 5.41) is 0. The van der Waals surface area contributed by atoms with Gasteiger partial charge in [0.2, 0.25) is 0 Å². The Hall–Kier alpha value is -2.88. The first kappa shape index (κ1) is 22.9. The van der Waals surface area contributed by atoms with Crippen molar-refractivity contribution >= 4 is 5.78 Å². The van der Waals surface area contributed by atoms with Crippen molar-refractivity contribution in [2.24, 2.45) is 7.05 Å². The summed E-state index contributed by atoms with van der Waals surface area (Å²) in [6.45, 7) is 3.60. The summed E-state index contributed by atoms with van der Waals surface area (Å²) < 4.78 is 23.7. The van der Waals surface area contributed by atoms with Crippen molar-refractivity contribution in [3.8, 4) is 28.0 Å². The van der Waals surface area contributed by atoms with E-state index in [9.17, 15) is 4.79 Å². The van der Waals surface area contributed by atoms with Gasteiger partial charge in [0.1, 0.15) is 17.3 Å². The number of hydrogen-bond donors (Lipinski definition) is 0. The van der Waals surface area contributed by atoms with Crippen LogP contribution in [0, 0.1) is 5.82 Å². The minimum atomic E-state index is -0.186. The standard InChI is InChI=1S/C30H34FNO2/c1-19(20(2)33)26-17-32(3)18-27(26)22-14-15-29(34-23-10-4-5-11-23)25(16-22)24-12-7-13-28(31)30(24)21-8-6-9-21/h7,12-19,21,23H,4-6,8-11H2,1-3H3/t19-/m1/s1. The van der Waals surface area contributed by atoms with Crippen molar-refractivity contribution in [1.29, 1.82) is 0 Å². The van der Waals surface area contributed by atoms with Gasteiger partial charge < -0.3 is 9.30 Å². The minimum absolute atomic E-state index is 0.120. The van der Waals surface area contributed by atoms with Crippen LogP contribution in [0.3, 0.4) is 0 Å². The molecule has 2 fully saturated rings. The van der Waals surface area contributed by atoms with Gasteiger partial charge in [0.15, 0.2) is 0 Å². The van der Waals surface area contributed by atoms with Gasteiger partial charge in [0, 0.05) is 36.5 Å². The lowest BCUT2D eigenvalue weighted by Crippen LogP contribution is -2.14. The summed E-state index contributed by atoms with van der Waals surface area (Å²) in [6, 6.07) is 11.7. The molecule has 2 aliphatic rings. The molecule has 0 bridgehead atoms. The zero-order valence-corrected chi connectivity index (χ0v) is 20.4. The first-order chi connectivity index (χ1) is 16.4. The van der Waals surface area contributed by atoms with Crippen LogP contribution in [-0.2, 0) is 11.8 Å². The number of halogens is 1. The van der Waals surface area contributed by atoms with Crippen LogP contribution in [0.2, 0.25) is 0 Å². The SMILES string of the molecule is CC(=O)[C@@H](C)c1cn(C)cc1-c1ccc(OC2CCCC2)c(-c2cccc(F)c2C2CCC2)c1. The maximum atomic E-state index is 15.1. The Morgan fingerprint density at radius 2 is 1.76 bits per heavy atom. The topological polar surface area (TPSA) is 31.2 Å². The molecule has 0 spiro atoms. The molecule has 34 heavy (non-hydrogen) atoms. The summed E-state index contributed by atoms with van der Waals surface area (Å²) in [7, 11) is 1.99. The van der Waals surface area contributed by atoms with Crippen molar-refractivity contribution < 1.29 is 13.9 Å². The molecule has 2 aliphatic carbocycles. The van der Waals surface area contributed by atoms with Crippen LogP contribution < -0.4 is 4.74 Å². The quantitative estimate of drug-likeness (QED) is 0.361. The molecule has 0 radical (unpaired) electrons. The lowest BCUT2D eigenvalue weighted by Gasteiger charge is -2.29. The van der Waals surface area contributed by atoms with Crippen LogP contribution in [0.25, 0.3) is 22.3 Å². The summed E-state index contributed by atoms with van der Waals surface area (Å²) in [5.74, 6) is 0.938. The van der Waals surface area contributed by atoms with Crippen molar-refractivity contribution in [3.05, 3.63) is 65.7 Å². The Balaban J connectivity index is 1.66. The van der Waals surface area contributed by atoms with E-state index in [-0.39, 0.29) is 29.5 Å². The molecule has 1 aromatic heterocycles. The Morgan fingerprint density at radius 3 is 2.44 bits per heavy atom. The van der Waals surface area contributed by atoms with E-state index in [0.29, 0.717) is 0 Å². The fraction of sp³-hybridized carbons (Fsp3) is 0.433. The third-order valence-corrected chi connectivity index (χ3v) is 7.81. The summed E-state index contributed by atoms with van der Waals surface area (Å²) in [6.07, 6.45) is 12.1. The zero-order chi connectivity index (χ0) is 23.8. The predicted octanol–water partition coefficient (Wildman–Crippen LogP) is 7.78. The number of ketones is 1. The summed E-state index contributed by atoms with van der Waals surface area (Å²) >= 11 is 0. The zero-order valence-electron chi connectivity index (χ0n) is 20.4. The van der Waals surface area contributed by atoms with Crippen molar-refractivity contribution in [1.82, 2.24) is 4.57 Å². The lowest BCUT2D eigenvalue weighted by molar-refractivity contribution is -0.118. The van der Waals surface area contributed by atoms with Crippen molar-refractivity contribution in [2.75, 3.05) is 0 Å². The highest BCUT2D eigenvalue weighted by Crippen LogP contribution is 2.46. The molecule has 0 saturated heterocycles. The molecule has 4 heteroatoms. The summed E-state index contributed by atoms with van der Waals surface area (Å²) in [4.78, 5) is 12.2. The second-order valence-corrected chi connectivity index (χ2v) is 10.2. The van der Waals surface area contributed by atoms with Crippen molar-refractivity contribution in [3.63, 3.8) is 0 Å². The number of hydrogen-bond acceptors (Lipinski definition) is 2. The molecular weight excluding hydrogens is 425 g/mol. The Kier molecular flexibility index (Phi) is 6.33. The Bertz CT molecular complexity index is 1200. The third kappa shape index (κ3) is 4.31. The second kappa shape index (κ2) is 9.40. The number of aromatic nitrogens is 1. The number of rotatable bonds is 7. The predicted molar refractivity (Wildman–Crippen MR) is 135 cm³/mol. The molecule has 1 atom stereocenters. The Morgan fingerprint density at radius 1 is 1.00 bits per heavy atom. The van der Waals surface area contributed by atoms with Crippen LogP contribution in [-0.4, -0.2) is 16.5 Å². The molecule has 0 unspecified atom stereocenters. The number of benzene rings is 2. The van der Waals surface area contributed by atoms with E-state index in [0.717, 1.165) is 71.2 Å². The minimum Gasteiger partial charge on any atom is -0.490 e. The van der Waals surface area contributed by atoms with Gasteiger partial charge in [-0.1, -0.05) is 31.5 Å². The number of aryl methyl sites for hydroxylation is 1. The highest BCUT2D eigenvalue weighted by atomic mass is 19.1. The first-order valence-electron chi connectivity index (χ1n) is 12.7. The molecule has 0 aliphatic heterocycles. The number of nitrogens with zero attached hydrogens (tertiary/aromatic N) is 1. The van der Waals surface area contributed by atoms with Crippen molar-refractivity contribution in [2.45, 2.75) is 76.7 Å². The fourth-order valence-corrected chi connectivity index (χ4v) is 5.49. The maximum absolute atomic E-state index is 15.1. The highest BCUT2D eigenvalue weighted by molar-refractivity contribution is 5.87. The van der Waals surface area contributed by atoms with Gasteiger partial charge in [-0.2, -0.15) is 0 Å². The normalized spacial score (nSPS) is 17.5. The molecule has 1 heterocycles. The number of carbonyl (C=O) groups excluding carboxylic acids is 1. The molecule has 0 amide bonds. The molecule has 178 valence electrons. The van der Waals surface area contributed by atoms with Crippen LogP contribution in [0.15, 0.2) is 48.8 Å². The second-order valence-electron chi connectivity index (χ2n) is 10.2. The van der Waals surface area contributed by atoms with Crippen LogP contribution in [0.1, 0.15) is 81.8 Å². The van der Waals surface area contributed by atoms with E-state index in [2.05, 4.69) is 18.3 Å². The van der Waals surface area contributed by atoms with Crippen LogP contribution in [0.5, 0.6) is 5.75 Å². The molecule has 2 aromatic carbocycles.